The van der Waals surface area contributed by atoms with Crippen LogP contribution in [0.5, 0.6) is 0 Å². The minimum absolute atomic E-state index is 0.0763. The number of hydrogen-bond donors (Lipinski definition) is 1. The van der Waals surface area contributed by atoms with Gasteiger partial charge in [-0.1, -0.05) is 12.1 Å². The van der Waals surface area contributed by atoms with Gasteiger partial charge in [0.05, 0.1) is 11.6 Å². The lowest BCUT2D eigenvalue weighted by Crippen LogP contribution is -2.45. The van der Waals surface area contributed by atoms with Crippen molar-refractivity contribution in [1.29, 1.82) is 5.26 Å². The van der Waals surface area contributed by atoms with Crippen molar-refractivity contribution >= 4 is 11.7 Å². The summed E-state index contributed by atoms with van der Waals surface area (Å²) in [5.41, 5.74) is 1.98. The molecular formula is C27H32F2N4O. The van der Waals surface area contributed by atoms with Gasteiger partial charge in [-0.15, -0.1) is 0 Å². The van der Waals surface area contributed by atoms with Crippen LogP contribution in [-0.4, -0.2) is 48.1 Å². The van der Waals surface area contributed by atoms with Gasteiger partial charge < -0.3 is 15.1 Å². The predicted octanol–water partition coefficient (Wildman–Crippen LogP) is 5.88. The number of nitriles is 1. The van der Waals surface area contributed by atoms with Gasteiger partial charge in [0.2, 0.25) is 0 Å². The normalized spacial score (nSPS) is 20.6. The van der Waals surface area contributed by atoms with E-state index in [2.05, 4.69) is 22.4 Å². The molecule has 0 radical (unpaired) electrons. The first kappa shape index (κ1) is 24.2. The number of hydrogen-bond acceptors (Lipinski definition) is 3. The maximum atomic E-state index is 13.6. The predicted molar refractivity (Wildman–Crippen MR) is 129 cm³/mol. The second kappa shape index (κ2) is 11.4. The lowest BCUT2D eigenvalue weighted by Gasteiger charge is -2.37. The number of urea groups is 1. The van der Waals surface area contributed by atoms with E-state index in [1.54, 1.807) is 0 Å². The van der Waals surface area contributed by atoms with Gasteiger partial charge in [0.1, 0.15) is 11.6 Å². The molecule has 2 aromatic rings. The Morgan fingerprint density at radius 3 is 2.44 bits per heavy atom. The Bertz CT molecular complexity index is 1000. The van der Waals surface area contributed by atoms with Crippen LogP contribution in [0.2, 0.25) is 0 Å². The van der Waals surface area contributed by atoms with Crippen molar-refractivity contribution in [2.45, 2.75) is 56.9 Å². The Morgan fingerprint density at radius 2 is 1.76 bits per heavy atom. The molecule has 2 aromatic carbocycles. The van der Waals surface area contributed by atoms with Crippen LogP contribution >= 0.6 is 0 Å². The van der Waals surface area contributed by atoms with Crippen molar-refractivity contribution in [3.63, 3.8) is 0 Å². The van der Waals surface area contributed by atoms with E-state index in [-0.39, 0.29) is 17.8 Å². The number of benzene rings is 2. The van der Waals surface area contributed by atoms with E-state index in [0.717, 1.165) is 69.9 Å². The third-order valence-corrected chi connectivity index (χ3v) is 7.07. The van der Waals surface area contributed by atoms with Crippen LogP contribution < -0.4 is 5.32 Å². The third kappa shape index (κ3) is 6.32. The summed E-state index contributed by atoms with van der Waals surface area (Å²) in [5.74, 6) is -1.05. The molecule has 1 heterocycles. The van der Waals surface area contributed by atoms with Gasteiger partial charge >= 0.3 is 6.03 Å². The zero-order valence-corrected chi connectivity index (χ0v) is 19.5. The Hall–Kier alpha value is -2.98. The quantitative estimate of drug-likeness (QED) is 0.554. The number of rotatable bonds is 7. The first-order chi connectivity index (χ1) is 16.5. The fourth-order valence-corrected chi connectivity index (χ4v) is 5.33. The molecule has 1 aliphatic carbocycles. The highest BCUT2D eigenvalue weighted by molar-refractivity contribution is 5.89. The van der Waals surface area contributed by atoms with Gasteiger partial charge in [0.15, 0.2) is 0 Å². The fourth-order valence-electron chi connectivity index (χ4n) is 5.33. The first-order valence-electron chi connectivity index (χ1n) is 12.3. The molecule has 0 spiro atoms. The maximum Gasteiger partial charge on any atom is 0.322 e. The van der Waals surface area contributed by atoms with E-state index in [1.807, 2.05) is 23.1 Å². The first-order valence-corrected chi connectivity index (χ1v) is 12.3. The zero-order chi connectivity index (χ0) is 23.9. The lowest BCUT2D eigenvalue weighted by molar-refractivity contribution is 0.157. The molecule has 2 fully saturated rings. The fraction of sp³-hybridized carbons (Fsp3) is 0.481. The molecule has 5 nitrogen and oxygen atoms in total. The minimum atomic E-state index is -0.712. The number of halogens is 2. The van der Waals surface area contributed by atoms with E-state index in [9.17, 15) is 18.8 Å². The summed E-state index contributed by atoms with van der Waals surface area (Å²) in [7, 11) is 0. The molecule has 1 saturated heterocycles. The minimum Gasteiger partial charge on any atom is -0.322 e. The number of carbonyl (C=O) groups is 1. The third-order valence-electron chi connectivity index (χ3n) is 7.07. The van der Waals surface area contributed by atoms with Crippen LogP contribution in [0.1, 0.15) is 62.0 Å². The molecule has 2 aliphatic rings. The van der Waals surface area contributed by atoms with Gasteiger partial charge in [-0.2, -0.15) is 5.26 Å². The van der Waals surface area contributed by atoms with Gasteiger partial charge in [-0.05, 0) is 100 Å². The largest absolute Gasteiger partial charge is 0.322 e. The van der Waals surface area contributed by atoms with Crippen molar-refractivity contribution in [3.05, 3.63) is 65.2 Å². The lowest BCUT2D eigenvalue weighted by atomic mass is 9.81. The van der Waals surface area contributed by atoms with Gasteiger partial charge in [-0.3, -0.25) is 0 Å². The molecule has 0 bridgehead atoms. The molecule has 1 N–H and O–H groups in total. The van der Waals surface area contributed by atoms with Crippen molar-refractivity contribution in [2.75, 3.05) is 31.5 Å². The number of carbonyl (C=O) groups excluding carboxylic acids is 1. The molecule has 0 aromatic heterocycles. The SMILES string of the molecule is N#Cc1cccc(C2CCC(N(CCCN3CCCC3)C(=O)Nc3cc(F)cc(F)c3)CC2)c1. The summed E-state index contributed by atoms with van der Waals surface area (Å²) in [6.45, 7) is 3.79. The summed E-state index contributed by atoms with van der Waals surface area (Å²) in [6.07, 6.45) is 6.91. The van der Waals surface area contributed by atoms with Crippen LogP contribution in [0.25, 0.3) is 0 Å². The van der Waals surface area contributed by atoms with Gasteiger partial charge in [-0.25, -0.2) is 13.6 Å². The molecular weight excluding hydrogens is 434 g/mol. The summed E-state index contributed by atoms with van der Waals surface area (Å²) in [5, 5.41) is 11.9. The molecule has 0 atom stereocenters. The highest BCUT2D eigenvalue weighted by Crippen LogP contribution is 2.35. The number of nitrogens with one attached hydrogen (secondary N) is 1. The van der Waals surface area contributed by atoms with E-state index >= 15 is 0 Å². The highest BCUT2D eigenvalue weighted by atomic mass is 19.1. The summed E-state index contributed by atoms with van der Waals surface area (Å²) >= 11 is 0. The van der Waals surface area contributed by atoms with E-state index < -0.39 is 11.6 Å². The Balaban J connectivity index is 1.41. The average molecular weight is 467 g/mol. The van der Waals surface area contributed by atoms with E-state index in [4.69, 9.17) is 0 Å². The number of nitrogens with zero attached hydrogens (tertiary/aromatic N) is 3. The highest BCUT2D eigenvalue weighted by Gasteiger charge is 2.30. The van der Waals surface area contributed by atoms with Crippen molar-refractivity contribution < 1.29 is 13.6 Å². The summed E-state index contributed by atoms with van der Waals surface area (Å²) < 4.78 is 27.3. The smallest absolute Gasteiger partial charge is 0.322 e. The Kier molecular flexibility index (Phi) is 8.12. The van der Waals surface area contributed by atoms with Crippen LogP contribution in [0.3, 0.4) is 0 Å². The molecule has 1 saturated carbocycles. The van der Waals surface area contributed by atoms with Crippen molar-refractivity contribution in [3.8, 4) is 6.07 Å². The number of anilines is 1. The Labute approximate surface area is 200 Å². The van der Waals surface area contributed by atoms with Crippen molar-refractivity contribution in [1.82, 2.24) is 9.80 Å². The van der Waals surface area contributed by atoms with E-state index in [0.29, 0.717) is 18.0 Å². The number of likely N-dealkylation sites (tertiary alicyclic amines) is 1. The molecule has 0 unspecified atom stereocenters. The number of amides is 2. The average Bonchev–Trinajstić information content (AvgIpc) is 3.35. The van der Waals surface area contributed by atoms with Gasteiger partial charge in [0.25, 0.3) is 0 Å². The summed E-state index contributed by atoms with van der Waals surface area (Å²) in [6, 6.07) is 12.8. The summed E-state index contributed by atoms with van der Waals surface area (Å²) in [4.78, 5) is 17.5. The van der Waals surface area contributed by atoms with Crippen molar-refractivity contribution in [2.24, 2.45) is 0 Å². The monoisotopic (exact) mass is 466 g/mol. The van der Waals surface area contributed by atoms with Crippen LogP contribution in [0.15, 0.2) is 42.5 Å². The standard InChI is InChI=1S/C27H32F2N4O/c28-23-16-24(29)18-25(17-23)31-27(34)33(14-4-13-32-11-1-2-12-32)26-9-7-21(8-10-26)22-6-3-5-20(15-22)19-30/h3,5-6,15-18,21,26H,1-2,4,7-14H2,(H,31,34). The Morgan fingerprint density at radius 1 is 1.06 bits per heavy atom. The maximum absolute atomic E-state index is 13.6. The molecule has 34 heavy (non-hydrogen) atoms. The molecule has 7 heteroatoms. The van der Waals surface area contributed by atoms with Crippen LogP contribution in [-0.2, 0) is 0 Å². The van der Waals surface area contributed by atoms with Gasteiger partial charge in [0, 0.05) is 24.3 Å². The molecule has 1 aliphatic heterocycles. The van der Waals surface area contributed by atoms with Crippen LogP contribution in [0.4, 0.5) is 19.3 Å². The zero-order valence-electron chi connectivity index (χ0n) is 19.5. The van der Waals surface area contributed by atoms with E-state index in [1.165, 1.54) is 18.4 Å². The van der Waals surface area contributed by atoms with Crippen LogP contribution in [0, 0.1) is 23.0 Å². The second-order valence-corrected chi connectivity index (χ2v) is 9.43. The topological polar surface area (TPSA) is 59.4 Å². The molecule has 180 valence electrons. The molecule has 2 amide bonds. The molecule has 4 rings (SSSR count). The second-order valence-electron chi connectivity index (χ2n) is 9.43.